The molecular formula is C15H17Br2N3O. The maximum atomic E-state index is 6.04. The van der Waals surface area contributed by atoms with Crippen LogP contribution in [0.15, 0.2) is 43.9 Å². The summed E-state index contributed by atoms with van der Waals surface area (Å²) in [6.07, 6.45) is 0. The van der Waals surface area contributed by atoms with Gasteiger partial charge in [-0.05, 0) is 50.1 Å². The Labute approximate surface area is 141 Å². The molecular weight excluding hydrogens is 398 g/mol. The molecule has 0 spiro atoms. The van der Waals surface area contributed by atoms with Crippen molar-refractivity contribution in [2.45, 2.75) is 6.04 Å². The monoisotopic (exact) mass is 413 g/mol. The van der Waals surface area contributed by atoms with Crippen LogP contribution in [0.5, 0.6) is 0 Å². The van der Waals surface area contributed by atoms with Gasteiger partial charge in [-0.3, -0.25) is 0 Å². The predicted molar refractivity (Wildman–Crippen MR) is 93.0 cm³/mol. The Kier molecular flexibility index (Phi) is 4.28. The Morgan fingerprint density at radius 3 is 2.57 bits per heavy atom. The zero-order valence-corrected chi connectivity index (χ0v) is 14.9. The van der Waals surface area contributed by atoms with Gasteiger partial charge in [0.15, 0.2) is 4.67 Å². The van der Waals surface area contributed by atoms with Gasteiger partial charge in [-0.25, -0.2) is 0 Å². The van der Waals surface area contributed by atoms with Gasteiger partial charge in [0.05, 0.1) is 21.9 Å². The second kappa shape index (κ2) is 6.02. The zero-order valence-electron chi connectivity index (χ0n) is 11.7. The van der Waals surface area contributed by atoms with Gasteiger partial charge in [0.25, 0.3) is 0 Å². The van der Waals surface area contributed by atoms with Crippen LogP contribution in [-0.2, 0) is 0 Å². The maximum Gasteiger partial charge on any atom is 0.183 e. The number of furan rings is 1. The number of para-hydroxylation sites is 2. The third-order valence-electron chi connectivity index (χ3n) is 3.87. The highest BCUT2D eigenvalue weighted by atomic mass is 79.9. The summed E-state index contributed by atoms with van der Waals surface area (Å²) in [5, 5.41) is 0. The third-order valence-corrected chi connectivity index (χ3v) is 5.58. The highest BCUT2D eigenvalue weighted by Crippen LogP contribution is 2.39. The molecule has 0 bridgehead atoms. The summed E-state index contributed by atoms with van der Waals surface area (Å²) in [5.41, 5.74) is 8.47. The lowest BCUT2D eigenvalue weighted by atomic mass is 10.1. The molecule has 1 aliphatic rings. The van der Waals surface area contributed by atoms with Crippen LogP contribution >= 0.6 is 31.9 Å². The fraction of sp³-hybridized carbons (Fsp3) is 0.333. The van der Waals surface area contributed by atoms with E-state index in [9.17, 15) is 0 Å². The van der Waals surface area contributed by atoms with Crippen molar-refractivity contribution in [2.75, 3.05) is 36.5 Å². The van der Waals surface area contributed by atoms with Gasteiger partial charge < -0.3 is 20.0 Å². The minimum Gasteiger partial charge on any atom is -0.451 e. The quantitative estimate of drug-likeness (QED) is 0.830. The molecule has 6 heteroatoms. The van der Waals surface area contributed by atoms with Crippen LogP contribution in [0.1, 0.15) is 11.8 Å². The first-order chi connectivity index (χ1) is 10.1. The van der Waals surface area contributed by atoms with E-state index in [1.807, 2.05) is 6.07 Å². The molecule has 1 aromatic carbocycles. The highest BCUT2D eigenvalue weighted by molar-refractivity contribution is 9.13. The standard InChI is InChI=1S/C15H17Br2N3O/c1-19-6-7-20(12-5-3-2-4-11(12)19)13(9-18)14-8-10(16)15(17)21-14/h2-5,8,13H,6-7,9,18H2,1H3. The van der Waals surface area contributed by atoms with Crippen LogP contribution in [-0.4, -0.2) is 26.7 Å². The van der Waals surface area contributed by atoms with Crippen molar-refractivity contribution in [3.8, 4) is 0 Å². The van der Waals surface area contributed by atoms with Crippen LogP contribution in [0.3, 0.4) is 0 Å². The summed E-state index contributed by atoms with van der Waals surface area (Å²) >= 11 is 6.87. The topological polar surface area (TPSA) is 45.6 Å². The van der Waals surface area contributed by atoms with Crippen molar-refractivity contribution in [3.05, 3.63) is 45.2 Å². The number of nitrogens with zero attached hydrogens (tertiary/aromatic N) is 2. The average Bonchev–Trinajstić information content (AvgIpc) is 2.82. The molecule has 1 aliphatic heterocycles. The van der Waals surface area contributed by atoms with E-state index in [-0.39, 0.29) is 6.04 Å². The van der Waals surface area contributed by atoms with Gasteiger partial charge >= 0.3 is 0 Å². The molecule has 0 saturated heterocycles. The van der Waals surface area contributed by atoms with E-state index in [1.165, 1.54) is 11.4 Å². The van der Waals surface area contributed by atoms with E-state index in [0.717, 1.165) is 23.3 Å². The van der Waals surface area contributed by atoms with E-state index >= 15 is 0 Å². The molecule has 2 heterocycles. The molecule has 1 aromatic heterocycles. The number of halogens is 2. The number of hydrogen-bond donors (Lipinski definition) is 1. The highest BCUT2D eigenvalue weighted by Gasteiger charge is 2.29. The van der Waals surface area contributed by atoms with Crippen molar-refractivity contribution < 1.29 is 4.42 Å². The maximum absolute atomic E-state index is 6.04. The molecule has 0 fully saturated rings. The third kappa shape index (κ3) is 2.72. The second-order valence-corrected chi connectivity index (χ2v) is 6.70. The lowest BCUT2D eigenvalue weighted by Gasteiger charge is -2.40. The van der Waals surface area contributed by atoms with Crippen molar-refractivity contribution >= 4 is 43.2 Å². The van der Waals surface area contributed by atoms with Crippen molar-refractivity contribution in [3.63, 3.8) is 0 Å². The summed E-state index contributed by atoms with van der Waals surface area (Å²) in [6, 6.07) is 10.4. The first-order valence-electron chi connectivity index (χ1n) is 6.83. The number of rotatable bonds is 3. The summed E-state index contributed by atoms with van der Waals surface area (Å²) in [7, 11) is 2.12. The predicted octanol–water partition coefficient (Wildman–Crippen LogP) is 3.76. The fourth-order valence-corrected chi connectivity index (χ4v) is 3.38. The van der Waals surface area contributed by atoms with Crippen LogP contribution < -0.4 is 15.5 Å². The number of anilines is 2. The van der Waals surface area contributed by atoms with Gasteiger partial charge in [-0.15, -0.1) is 0 Å². The minimum absolute atomic E-state index is 0.0300. The number of fused-ring (bicyclic) bond motifs is 1. The van der Waals surface area contributed by atoms with E-state index < -0.39 is 0 Å². The van der Waals surface area contributed by atoms with Crippen LogP contribution in [0.25, 0.3) is 0 Å². The van der Waals surface area contributed by atoms with Gasteiger partial charge in [0, 0.05) is 26.7 Å². The number of benzene rings is 1. The number of nitrogens with two attached hydrogens (primary N) is 1. The van der Waals surface area contributed by atoms with E-state index in [4.69, 9.17) is 10.2 Å². The summed E-state index contributed by atoms with van der Waals surface area (Å²) in [5.74, 6) is 0.871. The molecule has 0 aliphatic carbocycles. The molecule has 1 unspecified atom stereocenters. The fourth-order valence-electron chi connectivity index (χ4n) is 2.78. The summed E-state index contributed by atoms with van der Waals surface area (Å²) < 4.78 is 7.42. The summed E-state index contributed by atoms with van der Waals surface area (Å²) in [4.78, 5) is 4.60. The van der Waals surface area contributed by atoms with Crippen LogP contribution in [0, 0.1) is 0 Å². The molecule has 3 rings (SSSR count). The molecule has 4 nitrogen and oxygen atoms in total. The zero-order chi connectivity index (χ0) is 15.0. The Balaban J connectivity index is 2.00. The molecule has 21 heavy (non-hydrogen) atoms. The Morgan fingerprint density at radius 1 is 1.24 bits per heavy atom. The van der Waals surface area contributed by atoms with Gasteiger partial charge in [0.1, 0.15) is 5.76 Å². The molecule has 0 saturated carbocycles. The van der Waals surface area contributed by atoms with Crippen molar-refractivity contribution in [2.24, 2.45) is 5.73 Å². The first kappa shape index (κ1) is 14.9. The van der Waals surface area contributed by atoms with E-state index in [1.54, 1.807) is 0 Å². The summed E-state index contributed by atoms with van der Waals surface area (Å²) in [6.45, 7) is 2.40. The van der Waals surface area contributed by atoms with Gasteiger partial charge in [-0.2, -0.15) is 0 Å². The van der Waals surface area contributed by atoms with Crippen molar-refractivity contribution in [1.29, 1.82) is 0 Å². The number of hydrogen-bond acceptors (Lipinski definition) is 4. The largest absolute Gasteiger partial charge is 0.451 e. The SMILES string of the molecule is CN1CCN(C(CN)c2cc(Br)c(Br)o2)c2ccccc21. The second-order valence-electron chi connectivity index (χ2n) is 5.13. The lowest BCUT2D eigenvalue weighted by molar-refractivity contribution is 0.434. The lowest BCUT2D eigenvalue weighted by Crippen LogP contribution is -2.43. The Hall–Kier alpha value is -0.980. The normalized spacial score (nSPS) is 16.0. The molecule has 1 atom stereocenters. The molecule has 112 valence electrons. The van der Waals surface area contributed by atoms with Gasteiger partial charge in [0.2, 0.25) is 0 Å². The molecule has 2 aromatic rings. The first-order valence-corrected chi connectivity index (χ1v) is 8.42. The van der Waals surface area contributed by atoms with E-state index in [2.05, 4.69) is 73.0 Å². The van der Waals surface area contributed by atoms with Crippen molar-refractivity contribution in [1.82, 2.24) is 0 Å². The molecule has 0 radical (unpaired) electrons. The Morgan fingerprint density at radius 2 is 1.95 bits per heavy atom. The average molecular weight is 415 g/mol. The molecule has 0 amide bonds. The Bertz CT molecular complexity index is 624. The van der Waals surface area contributed by atoms with Crippen LogP contribution in [0.2, 0.25) is 0 Å². The van der Waals surface area contributed by atoms with E-state index in [0.29, 0.717) is 11.2 Å². The molecule has 2 N–H and O–H groups in total. The minimum atomic E-state index is 0.0300. The number of likely N-dealkylation sites (N-methyl/N-ethyl adjacent to an activating group) is 1. The smallest absolute Gasteiger partial charge is 0.183 e. The van der Waals surface area contributed by atoms with Gasteiger partial charge in [-0.1, -0.05) is 12.1 Å². The van der Waals surface area contributed by atoms with Crippen LogP contribution in [0.4, 0.5) is 11.4 Å².